The van der Waals surface area contributed by atoms with E-state index in [9.17, 15) is 9.59 Å². The first kappa shape index (κ1) is 15.1. The molecule has 0 atom stereocenters. The molecule has 0 aliphatic carbocycles. The van der Waals surface area contributed by atoms with Crippen LogP contribution in [-0.2, 0) is 9.59 Å². The van der Waals surface area contributed by atoms with E-state index in [1.165, 1.54) is 6.08 Å². The minimum absolute atomic E-state index is 0.0389. The van der Waals surface area contributed by atoms with Crippen LogP contribution in [0.5, 0.6) is 0 Å². The van der Waals surface area contributed by atoms with Crippen molar-refractivity contribution in [3.05, 3.63) is 35.9 Å². The Morgan fingerprint density at radius 2 is 1.86 bits per heavy atom. The summed E-state index contributed by atoms with van der Waals surface area (Å²) in [5.41, 5.74) is 6.40. The first-order valence-corrected chi connectivity index (χ1v) is 6.93. The lowest BCUT2D eigenvalue weighted by Gasteiger charge is -2.44. The van der Waals surface area contributed by atoms with Crippen LogP contribution in [0.2, 0.25) is 0 Å². The minimum Gasteiger partial charge on any atom is -0.399 e. The Labute approximate surface area is 125 Å². The lowest BCUT2D eigenvalue weighted by Crippen LogP contribution is -2.63. The van der Waals surface area contributed by atoms with Gasteiger partial charge in [-0.05, 0) is 37.6 Å². The molecule has 1 aromatic rings. The normalized spacial score (nSPS) is 18.3. The van der Waals surface area contributed by atoms with Crippen LogP contribution in [0.1, 0.15) is 19.4 Å². The van der Waals surface area contributed by atoms with Gasteiger partial charge in [0.15, 0.2) is 0 Å². The highest BCUT2D eigenvalue weighted by molar-refractivity contribution is 5.97. The monoisotopic (exact) mass is 287 g/mol. The molecular weight excluding hydrogens is 266 g/mol. The Balaban J connectivity index is 2.13. The third-order valence-corrected chi connectivity index (χ3v) is 3.82. The average Bonchev–Trinajstić information content (AvgIpc) is 2.44. The SMILES string of the molecule is CN1CCN(C(=O)/C=C/c2ccc(N)cc2)C(C)(C)C1=O. The van der Waals surface area contributed by atoms with E-state index < -0.39 is 5.54 Å². The van der Waals surface area contributed by atoms with Gasteiger partial charge in [-0.3, -0.25) is 9.59 Å². The second kappa shape index (κ2) is 5.60. The van der Waals surface area contributed by atoms with Gasteiger partial charge in [0, 0.05) is 31.9 Å². The number of benzene rings is 1. The summed E-state index contributed by atoms with van der Waals surface area (Å²) in [6, 6.07) is 7.26. The molecule has 0 spiro atoms. The smallest absolute Gasteiger partial charge is 0.247 e. The van der Waals surface area contributed by atoms with Crippen LogP contribution in [0, 0.1) is 0 Å². The highest BCUT2D eigenvalue weighted by Gasteiger charge is 2.42. The van der Waals surface area contributed by atoms with Crippen molar-refractivity contribution in [3.63, 3.8) is 0 Å². The Bertz CT molecular complexity index is 576. The highest BCUT2D eigenvalue weighted by Crippen LogP contribution is 2.22. The van der Waals surface area contributed by atoms with Crippen LogP contribution < -0.4 is 5.73 Å². The summed E-state index contributed by atoms with van der Waals surface area (Å²) in [5, 5.41) is 0. The number of rotatable bonds is 2. The Kier molecular flexibility index (Phi) is 4.02. The molecule has 5 nitrogen and oxygen atoms in total. The molecule has 0 unspecified atom stereocenters. The third kappa shape index (κ3) is 3.07. The molecule has 0 aromatic heterocycles. The zero-order chi connectivity index (χ0) is 15.6. The zero-order valence-corrected chi connectivity index (χ0v) is 12.7. The number of piperazine rings is 1. The molecule has 1 aliphatic rings. The summed E-state index contributed by atoms with van der Waals surface area (Å²) in [5.74, 6) is -0.193. The molecule has 2 rings (SSSR count). The summed E-state index contributed by atoms with van der Waals surface area (Å²) in [6.45, 7) is 4.66. The van der Waals surface area contributed by atoms with E-state index in [0.717, 1.165) is 5.56 Å². The Morgan fingerprint density at radius 3 is 2.48 bits per heavy atom. The first-order valence-electron chi connectivity index (χ1n) is 6.93. The maximum atomic E-state index is 12.3. The van der Waals surface area contributed by atoms with Gasteiger partial charge < -0.3 is 15.5 Å². The minimum atomic E-state index is -0.810. The Hall–Kier alpha value is -2.30. The Morgan fingerprint density at radius 1 is 1.24 bits per heavy atom. The first-order chi connectivity index (χ1) is 9.82. The van der Waals surface area contributed by atoms with Gasteiger partial charge in [0.1, 0.15) is 5.54 Å². The molecule has 2 amide bonds. The molecule has 0 radical (unpaired) electrons. The van der Waals surface area contributed by atoms with Gasteiger partial charge >= 0.3 is 0 Å². The van der Waals surface area contributed by atoms with E-state index in [0.29, 0.717) is 18.8 Å². The van der Waals surface area contributed by atoms with Crippen molar-refractivity contribution in [1.29, 1.82) is 0 Å². The van der Waals surface area contributed by atoms with Crippen molar-refractivity contribution in [2.75, 3.05) is 25.9 Å². The fourth-order valence-electron chi connectivity index (χ4n) is 2.46. The van der Waals surface area contributed by atoms with Crippen molar-refractivity contribution in [3.8, 4) is 0 Å². The number of likely N-dealkylation sites (N-methyl/N-ethyl adjacent to an activating group) is 1. The summed E-state index contributed by atoms with van der Waals surface area (Å²) in [7, 11) is 1.76. The molecule has 1 heterocycles. The number of hydrogen-bond acceptors (Lipinski definition) is 3. The van der Waals surface area contributed by atoms with E-state index in [4.69, 9.17) is 5.73 Å². The van der Waals surface area contributed by atoms with E-state index in [1.807, 2.05) is 12.1 Å². The summed E-state index contributed by atoms with van der Waals surface area (Å²) >= 11 is 0. The molecule has 21 heavy (non-hydrogen) atoms. The molecule has 2 N–H and O–H groups in total. The van der Waals surface area contributed by atoms with E-state index >= 15 is 0 Å². The predicted molar refractivity (Wildman–Crippen MR) is 83.3 cm³/mol. The quantitative estimate of drug-likeness (QED) is 0.660. The second-order valence-corrected chi connectivity index (χ2v) is 5.78. The highest BCUT2D eigenvalue weighted by atomic mass is 16.2. The number of hydrogen-bond donors (Lipinski definition) is 1. The molecule has 112 valence electrons. The van der Waals surface area contributed by atoms with Crippen LogP contribution in [0.25, 0.3) is 6.08 Å². The number of nitrogen functional groups attached to an aromatic ring is 1. The van der Waals surface area contributed by atoms with Gasteiger partial charge in [-0.1, -0.05) is 12.1 Å². The van der Waals surface area contributed by atoms with Crippen LogP contribution >= 0.6 is 0 Å². The fourth-order valence-corrected chi connectivity index (χ4v) is 2.46. The topological polar surface area (TPSA) is 66.6 Å². The van der Waals surface area contributed by atoms with Gasteiger partial charge in [0.25, 0.3) is 0 Å². The lowest BCUT2D eigenvalue weighted by molar-refractivity contribution is -0.154. The number of amides is 2. The van der Waals surface area contributed by atoms with Crippen LogP contribution in [0.3, 0.4) is 0 Å². The van der Waals surface area contributed by atoms with Crippen LogP contribution in [0.4, 0.5) is 5.69 Å². The predicted octanol–water partition coefficient (Wildman–Crippen LogP) is 1.36. The van der Waals surface area contributed by atoms with Crippen molar-refractivity contribution in [2.24, 2.45) is 0 Å². The van der Waals surface area contributed by atoms with Crippen molar-refractivity contribution < 1.29 is 9.59 Å². The van der Waals surface area contributed by atoms with Gasteiger partial charge in [-0.2, -0.15) is 0 Å². The summed E-state index contributed by atoms with van der Waals surface area (Å²) in [6.07, 6.45) is 3.24. The summed E-state index contributed by atoms with van der Waals surface area (Å²) < 4.78 is 0. The van der Waals surface area contributed by atoms with Crippen LogP contribution in [-0.4, -0.2) is 47.3 Å². The number of carbonyl (C=O) groups excluding carboxylic acids is 2. The average molecular weight is 287 g/mol. The largest absolute Gasteiger partial charge is 0.399 e. The van der Waals surface area contributed by atoms with Gasteiger partial charge in [0.05, 0.1) is 0 Å². The maximum absolute atomic E-state index is 12.3. The molecular formula is C16H21N3O2. The number of nitrogens with zero attached hydrogens (tertiary/aromatic N) is 2. The van der Waals surface area contributed by atoms with E-state index in [2.05, 4.69) is 0 Å². The molecule has 0 saturated carbocycles. The molecule has 1 fully saturated rings. The van der Waals surface area contributed by atoms with Gasteiger partial charge in [0.2, 0.25) is 11.8 Å². The van der Waals surface area contributed by atoms with Crippen molar-refractivity contribution >= 4 is 23.6 Å². The lowest BCUT2D eigenvalue weighted by atomic mass is 9.97. The van der Waals surface area contributed by atoms with Gasteiger partial charge in [-0.15, -0.1) is 0 Å². The van der Waals surface area contributed by atoms with E-state index in [-0.39, 0.29) is 11.8 Å². The fraction of sp³-hybridized carbons (Fsp3) is 0.375. The molecule has 1 aliphatic heterocycles. The second-order valence-electron chi connectivity index (χ2n) is 5.78. The third-order valence-electron chi connectivity index (χ3n) is 3.82. The van der Waals surface area contributed by atoms with Crippen molar-refractivity contribution in [1.82, 2.24) is 9.80 Å². The standard InChI is InChI=1S/C16H21N3O2/c1-16(2)15(21)18(3)10-11-19(16)14(20)9-6-12-4-7-13(17)8-5-12/h4-9H,10-11,17H2,1-3H3/b9-6+. The molecule has 0 bridgehead atoms. The number of carbonyl (C=O) groups is 2. The molecule has 5 heteroatoms. The maximum Gasteiger partial charge on any atom is 0.247 e. The van der Waals surface area contributed by atoms with Gasteiger partial charge in [-0.25, -0.2) is 0 Å². The van der Waals surface area contributed by atoms with Crippen LogP contribution in [0.15, 0.2) is 30.3 Å². The zero-order valence-electron chi connectivity index (χ0n) is 12.7. The van der Waals surface area contributed by atoms with E-state index in [1.54, 1.807) is 48.9 Å². The molecule has 1 aromatic carbocycles. The number of anilines is 1. The summed E-state index contributed by atoms with van der Waals surface area (Å²) in [4.78, 5) is 27.8. The van der Waals surface area contributed by atoms with Crippen molar-refractivity contribution in [2.45, 2.75) is 19.4 Å². The molecule has 1 saturated heterocycles. The number of nitrogens with two attached hydrogens (primary N) is 1.